The second-order valence-electron chi connectivity index (χ2n) is 7.49. The maximum absolute atomic E-state index is 13.8. The van der Waals surface area contributed by atoms with Crippen molar-refractivity contribution >= 4 is 40.3 Å². The van der Waals surface area contributed by atoms with Gasteiger partial charge in [-0.15, -0.1) is 0 Å². The number of benzene rings is 2. The Labute approximate surface area is 182 Å². The van der Waals surface area contributed by atoms with Crippen molar-refractivity contribution < 1.29 is 9.18 Å². The summed E-state index contributed by atoms with van der Waals surface area (Å²) in [6.45, 7) is 2.76. The number of nitrogens with one attached hydrogen (secondary N) is 2. The van der Waals surface area contributed by atoms with E-state index in [1.807, 2.05) is 24.3 Å². The van der Waals surface area contributed by atoms with E-state index < -0.39 is 11.9 Å². The van der Waals surface area contributed by atoms with Crippen LogP contribution in [0, 0.1) is 5.82 Å². The van der Waals surface area contributed by atoms with Gasteiger partial charge in [-0.25, -0.2) is 14.0 Å². The number of likely N-dealkylation sites (tertiary alicyclic amines) is 1. The highest BCUT2D eigenvalue weighted by atomic mass is 35.5. The first-order valence-electron chi connectivity index (χ1n) is 9.74. The van der Waals surface area contributed by atoms with Gasteiger partial charge < -0.3 is 15.2 Å². The molecule has 2 aromatic carbocycles. The summed E-state index contributed by atoms with van der Waals surface area (Å²) in [5, 5.41) is 3.10. The van der Waals surface area contributed by atoms with Crippen molar-refractivity contribution in [2.24, 2.45) is 0 Å². The number of imidazole rings is 1. The molecule has 9 heteroatoms. The van der Waals surface area contributed by atoms with Crippen LogP contribution in [0.1, 0.15) is 37.4 Å². The molecule has 6 nitrogen and oxygen atoms in total. The molecule has 158 valence electrons. The van der Waals surface area contributed by atoms with Crippen LogP contribution in [0.15, 0.2) is 41.2 Å². The van der Waals surface area contributed by atoms with Crippen LogP contribution in [0.2, 0.25) is 10.0 Å². The monoisotopic (exact) mass is 450 g/mol. The van der Waals surface area contributed by atoms with Crippen molar-refractivity contribution in [1.82, 2.24) is 19.8 Å². The number of urea groups is 1. The number of amides is 2. The van der Waals surface area contributed by atoms with Crippen LogP contribution >= 0.6 is 23.2 Å². The molecule has 2 amide bonds. The van der Waals surface area contributed by atoms with Gasteiger partial charge in [-0.3, -0.25) is 4.57 Å². The lowest BCUT2D eigenvalue weighted by atomic mass is 10.0. The van der Waals surface area contributed by atoms with Crippen LogP contribution in [0.5, 0.6) is 0 Å². The standard InChI is InChI=1S/C21H21Cl2FN4O2/c1-12(14-10-17(24)16(23)11-15(14)22)25-20(29)27-8-6-13(7-9-27)28-19-5-3-2-4-18(19)26-21(28)30/h2-5,10-13H,6-9H2,1H3,(H,25,29)(H,26,30). The zero-order valence-corrected chi connectivity index (χ0v) is 17.8. The molecule has 1 atom stereocenters. The average molecular weight is 451 g/mol. The van der Waals surface area contributed by atoms with Crippen molar-refractivity contribution in [3.63, 3.8) is 0 Å². The molecule has 1 unspecified atom stereocenters. The van der Waals surface area contributed by atoms with Crippen molar-refractivity contribution in [3.05, 3.63) is 68.3 Å². The number of aromatic amines is 1. The predicted molar refractivity (Wildman–Crippen MR) is 116 cm³/mol. The lowest BCUT2D eigenvalue weighted by molar-refractivity contribution is 0.169. The van der Waals surface area contributed by atoms with E-state index >= 15 is 0 Å². The van der Waals surface area contributed by atoms with E-state index in [9.17, 15) is 14.0 Å². The molecule has 4 rings (SSSR count). The molecule has 1 saturated heterocycles. The normalized spacial score (nSPS) is 16.1. The highest BCUT2D eigenvalue weighted by molar-refractivity contribution is 6.35. The average Bonchev–Trinajstić information content (AvgIpc) is 3.06. The summed E-state index contributed by atoms with van der Waals surface area (Å²) in [5.41, 5.74) is 2.02. The fourth-order valence-electron chi connectivity index (χ4n) is 3.99. The van der Waals surface area contributed by atoms with E-state index in [1.165, 1.54) is 12.1 Å². The first-order chi connectivity index (χ1) is 14.3. The maximum Gasteiger partial charge on any atom is 0.326 e. The second-order valence-corrected chi connectivity index (χ2v) is 8.31. The third-order valence-corrected chi connectivity index (χ3v) is 6.20. The lowest BCUT2D eigenvalue weighted by Crippen LogP contribution is -2.46. The summed E-state index contributed by atoms with van der Waals surface area (Å²) in [6.07, 6.45) is 1.33. The van der Waals surface area contributed by atoms with E-state index in [2.05, 4.69) is 10.3 Å². The topological polar surface area (TPSA) is 70.1 Å². The zero-order valence-electron chi connectivity index (χ0n) is 16.3. The molecule has 1 fully saturated rings. The molecular weight excluding hydrogens is 430 g/mol. The Bertz CT molecular complexity index is 1150. The summed E-state index contributed by atoms with van der Waals surface area (Å²) in [4.78, 5) is 29.7. The van der Waals surface area contributed by atoms with Gasteiger partial charge in [-0.05, 0) is 49.6 Å². The van der Waals surface area contributed by atoms with E-state index in [-0.39, 0.29) is 22.8 Å². The van der Waals surface area contributed by atoms with Crippen LogP contribution in [0.3, 0.4) is 0 Å². The van der Waals surface area contributed by atoms with Gasteiger partial charge in [0.2, 0.25) is 0 Å². The molecular formula is C21H21Cl2FN4O2. The second kappa shape index (κ2) is 8.32. The number of nitrogens with zero attached hydrogens (tertiary/aromatic N) is 2. The molecule has 0 saturated carbocycles. The van der Waals surface area contributed by atoms with E-state index in [0.717, 1.165) is 11.0 Å². The number of halogens is 3. The summed E-state index contributed by atoms with van der Waals surface area (Å²) < 4.78 is 15.6. The van der Waals surface area contributed by atoms with Gasteiger partial charge in [0.1, 0.15) is 5.82 Å². The Morgan fingerprint density at radius 3 is 2.63 bits per heavy atom. The molecule has 0 aliphatic carbocycles. The summed E-state index contributed by atoms with van der Waals surface area (Å²) in [5.74, 6) is -0.581. The molecule has 3 aromatic rings. The molecule has 1 aliphatic rings. The minimum Gasteiger partial charge on any atom is -0.331 e. The Balaban J connectivity index is 1.42. The van der Waals surface area contributed by atoms with E-state index in [0.29, 0.717) is 36.5 Å². The maximum atomic E-state index is 13.8. The highest BCUT2D eigenvalue weighted by Gasteiger charge is 2.27. The molecule has 2 heterocycles. The highest BCUT2D eigenvalue weighted by Crippen LogP contribution is 2.29. The number of carbonyl (C=O) groups is 1. The third kappa shape index (κ3) is 3.91. The summed E-state index contributed by atoms with van der Waals surface area (Å²) in [7, 11) is 0. The Morgan fingerprint density at radius 2 is 1.90 bits per heavy atom. The first-order valence-corrected chi connectivity index (χ1v) is 10.5. The molecule has 1 aromatic heterocycles. The van der Waals surface area contributed by atoms with Crippen molar-refractivity contribution in [2.75, 3.05) is 13.1 Å². The number of carbonyl (C=O) groups excluding carboxylic acids is 1. The number of hydrogen-bond donors (Lipinski definition) is 2. The van der Waals surface area contributed by atoms with Gasteiger partial charge in [-0.2, -0.15) is 0 Å². The fraction of sp³-hybridized carbons (Fsp3) is 0.333. The lowest BCUT2D eigenvalue weighted by Gasteiger charge is -2.33. The van der Waals surface area contributed by atoms with E-state index in [4.69, 9.17) is 23.2 Å². The van der Waals surface area contributed by atoms with Crippen molar-refractivity contribution in [1.29, 1.82) is 0 Å². The van der Waals surface area contributed by atoms with Gasteiger partial charge in [0.15, 0.2) is 0 Å². The molecule has 0 spiro atoms. The van der Waals surface area contributed by atoms with Crippen LogP contribution in [-0.2, 0) is 0 Å². The molecule has 0 bridgehead atoms. The Morgan fingerprint density at radius 1 is 1.20 bits per heavy atom. The summed E-state index contributed by atoms with van der Waals surface area (Å²) >= 11 is 11.9. The zero-order chi connectivity index (χ0) is 21.4. The van der Waals surface area contributed by atoms with Crippen LogP contribution in [0.25, 0.3) is 11.0 Å². The third-order valence-electron chi connectivity index (χ3n) is 5.59. The van der Waals surface area contributed by atoms with Crippen molar-refractivity contribution in [3.8, 4) is 0 Å². The van der Waals surface area contributed by atoms with Gasteiger partial charge in [0.25, 0.3) is 0 Å². The van der Waals surface area contributed by atoms with Crippen LogP contribution < -0.4 is 11.0 Å². The molecule has 2 N–H and O–H groups in total. The molecule has 1 aliphatic heterocycles. The number of H-pyrrole nitrogens is 1. The number of piperidine rings is 1. The summed E-state index contributed by atoms with van der Waals surface area (Å²) in [6, 6.07) is 9.45. The predicted octanol–water partition coefficient (Wildman–Crippen LogP) is 4.88. The molecule has 30 heavy (non-hydrogen) atoms. The number of aromatic nitrogens is 2. The fourth-order valence-corrected chi connectivity index (χ4v) is 4.53. The largest absolute Gasteiger partial charge is 0.331 e. The molecule has 0 radical (unpaired) electrons. The minimum atomic E-state index is -0.581. The first kappa shape index (κ1) is 20.8. The minimum absolute atomic E-state index is 0.0231. The number of fused-ring (bicyclic) bond motifs is 1. The van der Waals surface area contributed by atoms with Gasteiger partial charge in [0.05, 0.1) is 22.1 Å². The quantitative estimate of drug-likeness (QED) is 0.558. The number of hydrogen-bond acceptors (Lipinski definition) is 2. The van der Waals surface area contributed by atoms with Gasteiger partial charge in [0, 0.05) is 24.2 Å². The number of rotatable bonds is 3. The van der Waals surface area contributed by atoms with Crippen LogP contribution in [0.4, 0.5) is 9.18 Å². The smallest absolute Gasteiger partial charge is 0.326 e. The van der Waals surface area contributed by atoms with Gasteiger partial charge >= 0.3 is 11.7 Å². The number of para-hydroxylation sites is 2. The Kier molecular flexibility index (Phi) is 5.75. The Hall–Kier alpha value is -2.51. The van der Waals surface area contributed by atoms with Crippen molar-refractivity contribution in [2.45, 2.75) is 31.8 Å². The van der Waals surface area contributed by atoms with Crippen LogP contribution in [-0.4, -0.2) is 33.6 Å². The van der Waals surface area contributed by atoms with E-state index in [1.54, 1.807) is 16.4 Å². The van der Waals surface area contributed by atoms with Gasteiger partial charge in [-0.1, -0.05) is 35.3 Å². The SMILES string of the molecule is CC(NC(=O)N1CCC(n2c(=O)[nH]c3ccccc32)CC1)c1cc(F)c(Cl)cc1Cl.